The van der Waals surface area contributed by atoms with Gasteiger partial charge in [-0.15, -0.1) is 0 Å². The van der Waals surface area contributed by atoms with Gasteiger partial charge in [-0.2, -0.15) is 0 Å². The first kappa shape index (κ1) is 20.7. The molecule has 1 aliphatic heterocycles. The van der Waals surface area contributed by atoms with Crippen LogP contribution in [-0.2, 0) is 9.59 Å². The maximum absolute atomic E-state index is 12.5. The second-order valence-electron chi connectivity index (χ2n) is 6.60. The second kappa shape index (κ2) is 9.43. The molecule has 0 radical (unpaired) electrons. The van der Waals surface area contributed by atoms with Crippen LogP contribution >= 0.6 is 11.8 Å². The summed E-state index contributed by atoms with van der Waals surface area (Å²) in [5, 5.41) is 2.35. The van der Waals surface area contributed by atoms with Crippen molar-refractivity contribution in [2.45, 2.75) is 13.8 Å². The summed E-state index contributed by atoms with van der Waals surface area (Å²) in [6.45, 7) is 4.01. The molecule has 3 rings (SSSR count). The summed E-state index contributed by atoms with van der Waals surface area (Å²) in [5.41, 5.74) is 2.77. The highest BCUT2D eigenvalue weighted by Crippen LogP contribution is 2.31. The van der Waals surface area contributed by atoms with Crippen LogP contribution in [0.15, 0.2) is 53.4 Å². The van der Waals surface area contributed by atoms with Crippen LogP contribution in [0.1, 0.15) is 16.7 Å². The van der Waals surface area contributed by atoms with E-state index in [0.717, 1.165) is 33.4 Å². The fourth-order valence-electron chi connectivity index (χ4n) is 2.92. The van der Waals surface area contributed by atoms with Gasteiger partial charge in [-0.05, 0) is 48.4 Å². The Hall–Kier alpha value is -3.06. The summed E-state index contributed by atoms with van der Waals surface area (Å²) >= 11 is 0.907. The molecule has 1 fully saturated rings. The van der Waals surface area contributed by atoms with Crippen molar-refractivity contribution < 1.29 is 19.1 Å². The number of para-hydroxylation sites is 1. The van der Waals surface area contributed by atoms with Crippen LogP contribution in [0.3, 0.4) is 0 Å². The smallest absolute Gasteiger partial charge is 0.293 e. The number of nitrogens with one attached hydrogen (secondary N) is 1. The number of thioether (sulfide) groups is 1. The Balaban J connectivity index is 1.48. The van der Waals surface area contributed by atoms with Gasteiger partial charge in [0.05, 0.1) is 4.91 Å². The van der Waals surface area contributed by atoms with Crippen LogP contribution < -0.4 is 10.1 Å². The first-order valence-electron chi connectivity index (χ1n) is 9.22. The van der Waals surface area contributed by atoms with Crippen molar-refractivity contribution in [2.24, 2.45) is 0 Å². The third-order valence-electron chi connectivity index (χ3n) is 4.38. The molecule has 1 saturated heterocycles. The molecule has 0 spiro atoms. The van der Waals surface area contributed by atoms with E-state index in [0.29, 0.717) is 10.7 Å². The standard InChI is InChI=1S/C22H22N2O4S/c1-15-7-6-8-16(2)20(15)28-14-19(25)23-11-12-24-21(26)18(29-22(24)27)13-17-9-4-3-5-10-17/h3-10,13H,11-12,14H2,1-2H3,(H,23,25)/b18-13-. The van der Waals surface area contributed by atoms with E-state index in [-0.39, 0.29) is 36.7 Å². The fraction of sp³-hybridized carbons (Fsp3) is 0.227. The molecule has 0 bridgehead atoms. The third kappa shape index (κ3) is 5.26. The predicted octanol–water partition coefficient (Wildman–Crippen LogP) is 3.53. The Morgan fingerprint density at radius 2 is 1.76 bits per heavy atom. The first-order chi connectivity index (χ1) is 14.0. The van der Waals surface area contributed by atoms with E-state index in [9.17, 15) is 14.4 Å². The molecule has 0 atom stereocenters. The lowest BCUT2D eigenvalue weighted by Gasteiger charge is -2.14. The Morgan fingerprint density at radius 3 is 2.45 bits per heavy atom. The molecule has 0 aliphatic carbocycles. The largest absolute Gasteiger partial charge is 0.483 e. The van der Waals surface area contributed by atoms with Gasteiger partial charge in [-0.3, -0.25) is 19.3 Å². The molecular formula is C22H22N2O4S. The van der Waals surface area contributed by atoms with Crippen LogP contribution in [0.25, 0.3) is 6.08 Å². The van der Waals surface area contributed by atoms with Gasteiger partial charge >= 0.3 is 0 Å². The number of hydrogen-bond donors (Lipinski definition) is 1. The van der Waals surface area contributed by atoms with E-state index in [1.807, 2.05) is 62.4 Å². The Morgan fingerprint density at radius 1 is 1.07 bits per heavy atom. The summed E-state index contributed by atoms with van der Waals surface area (Å²) in [4.78, 5) is 38.2. The number of benzene rings is 2. The van der Waals surface area contributed by atoms with Gasteiger partial charge in [0, 0.05) is 13.1 Å². The molecule has 0 aromatic heterocycles. The van der Waals surface area contributed by atoms with Gasteiger partial charge in [-0.1, -0.05) is 48.5 Å². The van der Waals surface area contributed by atoms with E-state index in [1.54, 1.807) is 6.08 Å². The van der Waals surface area contributed by atoms with Crippen molar-refractivity contribution in [1.82, 2.24) is 10.2 Å². The lowest BCUT2D eigenvalue weighted by molar-refractivity contribution is -0.125. The monoisotopic (exact) mass is 410 g/mol. The zero-order valence-electron chi connectivity index (χ0n) is 16.3. The van der Waals surface area contributed by atoms with Crippen molar-refractivity contribution in [3.05, 3.63) is 70.1 Å². The van der Waals surface area contributed by atoms with E-state index in [2.05, 4.69) is 5.32 Å². The molecule has 6 nitrogen and oxygen atoms in total. The second-order valence-corrected chi connectivity index (χ2v) is 7.60. The topological polar surface area (TPSA) is 75.7 Å². The maximum Gasteiger partial charge on any atom is 0.293 e. The van der Waals surface area contributed by atoms with Gasteiger partial charge in [-0.25, -0.2) is 0 Å². The molecule has 7 heteroatoms. The van der Waals surface area contributed by atoms with Gasteiger partial charge in [0.1, 0.15) is 5.75 Å². The summed E-state index contributed by atoms with van der Waals surface area (Å²) in [5.74, 6) is 0.0454. The Labute approximate surface area is 173 Å². The van der Waals surface area contributed by atoms with Crippen LogP contribution in [-0.4, -0.2) is 41.6 Å². The van der Waals surface area contributed by atoms with Crippen molar-refractivity contribution in [2.75, 3.05) is 19.7 Å². The number of carbonyl (C=O) groups excluding carboxylic acids is 3. The maximum atomic E-state index is 12.5. The number of imide groups is 1. The molecule has 1 N–H and O–H groups in total. The number of aryl methyl sites for hydroxylation is 2. The summed E-state index contributed by atoms with van der Waals surface area (Å²) in [6.07, 6.45) is 1.70. The SMILES string of the molecule is Cc1cccc(C)c1OCC(=O)NCCN1C(=O)S/C(=C\c2ccccc2)C1=O. The highest BCUT2D eigenvalue weighted by atomic mass is 32.2. The summed E-state index contributed by atoms with van der Waals surface area (Å²) in [6, 6.07) is 15.1. The quantitative estimate of drug-likeness (QED) is 0.707. The minimum atomic E-state index is -0.343. The summed E-state index contributed by atoms with van der Waals surface area (Å²) in [7, 11) is 0. The van der Waals surface area contributed by atoms with Crippen molar-refractivity contribution in [3.63, 3.8) is 0 Å². The molecule has 0 saturated carbocycles. The van der Waals surface area contributed by atoms with Gasteiger partial charge < -0.3 is 10.1 Å². The minimum Gasteiger partial charge on any atom is -0.483 e. The fourth-order valence-corrected chi connectivity index (χ4v) is 3.78. The molecule has 150 valence electrons. The molecule has 29 heavy (non-hydrogen) atoms. The Bertz CT molecular complexity index is 936. The average molecular weight is 410 g/mol. The molecule has 3 amide bonds. The lowest BCUT2D eigenvalue weighted by Crippen LogP contribution is -2.38. The number of nitrogens with zero attached hydrogens (tertiary/aromatic N) is 1. The van der Waals surface area contributed by atoms with Crippen molar-refractivity contribution in [3.8, 4) is 5.75 Å². The first-order valence-corrected chi connectivity index (χ1v) is 10.0. The molecule has 1 heterocycles. The van der Waals surface area contributed by atoms with Gasteiger partial charge in [0.15, 0.2) is 6.61 Å². The van der Waals surface area contributed by atoms with Gasteiger partial charge in [0.2, 0.25) is 0 Å². The van der Waals surface area contributed by atoms with Crippen LogP contribution in [0.5, 0.6) is 5.75 Å². The van der Waals surface area contributed by atoms with E-state index in [1.165, 1.54) is 0 Å². The van der Waals surface area contributed by atoms with E-state index >= 15 is 0 Å². The number of rotatable bonds is 7. The van der Waals surface area contributed by atoms with Crippen molar-refractivity contribution in [1.29, 1.82) is 0 Å². The molecule has 2 aromatic carbocycles. The van der Waals surface area contributed by atoms with E-state index < -0.39 is 0 Å². The highest BCUT2D eigenvalue weighted by Gasteiger charge is 2.34. The lowest BCUT2D eigenvalue weighted by atomic mass is 10.1. The zero-order chi connectivity index (χ0) is 20.8. The molecule has 0 unspecified atom stereocenters. The normalized spacial score (nSPS) is 15.1. The molecular weight excluding hydrogens is 388 g/mol. The average Bonchev–Trinajstić information content (AvgIpc) is 2.96. The number of carbonyl (C=O) groups is 3. The number of ether oxygens (including phenoxy) is 1. The van der Waals surface area contributed by atoms with Crippen molar-refractivity contribution >= 4 is 34.9 Å². The number of hydrogen-bond acceptors (Lipinski definition) is 5. The predicted molar refractivity (Wildman–Crippen MR) is 114 cm³/mol. The van der Waals surface area contributed by atoms with Crippen LogP contribution in [0, 0.1) is 13.8 Å². The molecule has 2 aromatic rings. The Kier molecular flexibility index (Phi) is 6.72. The third-order valence-corrected chi connectivity index (χ3v) is 5.29. The summed E-state index contributed by atoms with van der Waals surface area (Å²) < 4.78 is 5.60. The van der Waals surface area contributed by atoms with Crippen LogP contribution in [0.2, 0.25) is 0 Å². The van der Waals surface area contributed by atoms with Gasteiger partial charge in [0.25, 0.3) is 17.1 Å². The van der Waals surface area contributed by atoms with Crippen LogP contribution in [0.4, 0.5) is 4.79 Å². The zero-order valence-corrected chi connectivity index (χ0v) is 17.1. The number of amides is 3. The highest BCUT2D eigenvalue weighted by molar-refractivity contribution is 8.18. The van der Waals surface area contributed by atoms with E-state index in [4.69, 9.17) is 4.74 Å². The molecule has 1 aliphatic rings. The minimum absolute atomic E-state index is 0.117.